The van der Waals surface area contributed by atoms with E-state index in [0.29, 0.717) is 22.2 Å². The monoisotopic (exact) mass is 306 g/mol. The highest BCUT2D eigenvalue weighted by atomic mass is 35.5. The fraction of sp³-hybridized carbons (Fsp3) is 0.417. The van der Waals surface area contributed by atoms with E-state index < -0.39 is 6.03 Å². The standard InChI is InChI=1S/C12H16Cl2N2O3/c1-2-9(6-17)16-12(18)15-7-19-11-4-3-8(13)5-10(11)14/h3-5,9,17H,2,6-7H2,1H3,(H2,15,16,18). The normalized spacial score (nSPS) is 11.8. The maximum atomic E-state index is 11.4. The van der Waals surface area contributed by atoms with Gasteiger partial charge in [-0.1, -0.05) is 30.1 Å². The van der Waals surface area contributed by atoms with Gasteiger partial charge in [-0.2, -0.15) is 0 Å². The number of amides is 2. The van der Waals surface area contributed by atoms with Gasteiger partial charge in [-0.3, -0.25) is 0 Å². The Labute approximate surface area is 121 Å². The maximum absolute atomic E-state index is 11.4. The molecule has 7 heteroatoms. The zero-order valence-corrected chi connectivity index (χ0v) is 12.0. The minimum atomic E-state index is -0.411. The highest BCUT2D eigenvalue weighted by molar-refractivity contribution is 6.35. The van der Waals surface area contributed by atoms with Crippen molar-refractivity contribution < 1.29 is 14.6 Å². The summed E-state index contributed by atoms with van der Waals surface area (Å²) in [5, 5.41) is 14.9. The van der Waals surface area contributed by atoms with E-state index in [0.717, 1.165) is 0 Å². The number of hydrogen-bond donors (Lipinski definition) is 3. The molecule has 0 spiro atoms. The first-order chi connectivity index (χ1) is 9.06. The van der Waals surface area contributed by atoms with Crippen molar-refractivity contribution in [2.75, 3.05) is 13.3 Å². The van der Waals surface area contributed by atoms with Gasteiger partial charge in [0.2, 0.25) is 0 Å². The molecule has 3 N–H and O–H groups in total. The van der Waals surface area contributed by atoms with Crippen LogP contribution in [0.25, 0.3) is 0 Å². The second kappa shape index (κ2) is 8.09. The van der Waals surface area contributed by atoms with Crippen molar-refractivity contribution in [2.24, 2.45) is 0 Å². The molecule has 0 bridgehead atoms. The average molecular weight is 307 g/mol. The van der Waals surface area contributed by atoms with Crippen molar-refractivity contribution in [3.05, 3.63) is 28.2 Å². The topological polar surface area (TPSA) is 70.6 Å². The van der Waals surface area contributed by atoms with Crippen molar-refractivity contribution in [3.63, 3.8) is 0 Å². The predicted molar refractivity (Wildman–Crippen MR) is 74.8 cm³/mol. The molecule has 2 amide bonds. The lowest BCUT2D eigenvalue weighted by atomic mass is 10.2. The predicted octanol–water partition coefficient (Wildman–Crippen LogP) is 2.40. The van der Waals surface area contributed by atoms with Gasteiger partial charge in [0.1, 0.15) is 5.75 Å². The molecule has 0 aliphatic heterocycles. The van der Waals surface area contributed by atoms with Crippen LogP contribution in [0.4, 0.5) is 4.79 Å². The number of rotatable bonds is 6. The number of carbonyl (C=O) groups excluding carboxylic acids is 1. The van der Waals surface area contributed by atoms with E-state index in [4.69, 9.17) is 33.0 Å². The van der Waals surface area contributed by atoms with E-state index in [1.54, 1.807) is 18.2 Å². The lowest BCUT2D eigenvalue weighted by Crippen LogP contribution is -2.44. The van der Waals surface area contributed by atoms with Crippen molar-refractivity contribution in [2.45, 2.75) is 19.4 Å². The van der Waals surface area contributed by atoms with E-state index >= 15 is 0 Å². The number of halogens is 2. The molecule has 1 aromatic rings. The van der Waals surface area contributed by atoms with Crippen molar-refractivity contribution in [1.82, 2.24) is 10.6 Å². The summed E-state index contributed by atoms with van der Waals surface area (Å²) in [7, 11) is 0. The van der Waals surface area contributed by atoms with Crippen molar-refractivity contribution >= 4 is 29.2 Å². The van der Waals surface area contributed by atoms with Crippen LogP contribution in [0, 0.1) is 0 Å². The molecule has 1 unspecified atom stereocenters. The molecule has 106 valence electrons. The molecule has 1 rings (SSSR count). The van der Waals surface area contributed by atoms with E-state index in [9.17, 15) is 4.79 Å². The summed E-state index contributed by atoms with van der Waals surface area (Å²) < 4.78 is 5.29. The first-order valence-electron chi connectivity index (χ1n) is 5.79. The number of aliphatic hydroxyl groups is 1. The van der Waals surface area contributed by atoms with Gasteiger partial charge in [0.05, 0.1) is 17.7 Å². The molecule has 0 saturated carbocycles. The smallest absolute Gasteiger partial charge is 0.317 e. The molecule has 0 aromatic heterocycles. The van der Waals surface area contributed by atoms with E-state index in [1.807, 2.05) is 6.92 Å². The zero-order chi connectivity index (χ0) is 14.3. The summed E-state index contributed by atoms with van der Waals surface area (Å²) in [4.78, 5) is 11.4. The largest absolute Gasteiger partial charge is 0.472 e. The average Bonchev–Trinajstić information content (AvgIpc) is 2.38. The Morgan fingerprint density at radius 3 is 2.79 bits per heavy atom. The van der Waals surface area contributed by atoms with Gasteiger partial charge >= 0.3 is 6.03 Å². The van der Waals surface area contributed by atoms with E-state index in [2.05, 4.69) is 10.6 Å². The van der Waals surface area contributed by atoms with Crippen LogP contribution in [0.1, 0.15) is 13.3 Å². The van der Waals surface area contributed by atoms with Crippen LogP contribution < -0.4 is 15.4 Å². The molecule has 5 nitrogen and oxygen atoms in total. The summed E-state index contributed by atoms with van der Waals surface area (Å²) in [5.74, 6) is 0.431. The summed E-state index contributed by atoms with van der Waals surface area (Å²) in [6.45, 7) is 1.73. The molecule has 19 heavy (non-hydrogen) atoms. The highest BCUT2D eigenvalue weighted by Crippen LogP contribution is 2.27. The van der Waals surface area contributed by atoms with E-state index in [1.165, 1.54) is 0 Å². The first kappa shape index (κ1) is 15.9. The molecule has 1 aromatic carbocycles. The molecule has 0 saturated heterocycles. The Morgan fingerprint density at radius 1 is 1.47 bits per heavy atom. The minimum Gasteiger partial charge on any atom is -0.472 e. The molecular weight excluding hydrogens is 291 g/mol. The van der Waals surface area contributed by atoms with Gasteiger partial charge in [-0.05, 0) is 24.6 Å². The molecule has 0 aliphatic rings. The Hall–Kier alpha value is -1.17. The van der Waals surface area contributed by atoms with Crippen LogP contribution in [-0.4, -0.2) is 30.5 Å². The van der Waals surface area contributed by atoms with Crippen LogP contribution in [0.5, 0.6) is 5.75 Å². The maximum Gasteiger partial charge on any atom is 0.317 e. The van der Waals surface area contributed by atoms with Gasteiger partial charge in [0.15, 0.2) is 6.73 Å². The third-order valence-electron chi connectivity index (χ3n) is 2.40. The van der Waals surface area contributed by atoms with Crippen LogP contribution >= 0.6 is 23.2 Å². The quantitative estimate of drug-likeness (QED) is 0.707. The number of hydrogen-bond acceptors (Lipinski definition) is 3. The van der Waals surface area contributed by atoms with Gasteiger partial charge in [0, 0.05) is 5.02 Å². The fourth-order valence-corrected chi connectivity index (χ4v) is 1.75. The molecule has 1 atom stereocenters. The Balaban J connectivity index is 2.35. The lowest BCUT2D eigenvalue weighted by Gasteiger charge is -2.15. The van der Waals surface area contributed by atoms with Crippen LogP contribution in [0.15, 0.2) is 18.2 Å². The van der Waals surface area contributed by atoms with Crippen LogP contribution in [0.2, 0.25) is 10.0 Å². The highest BCUT2D eigenvalue weighted by Gasteiger charge is 2.08. The van der Waals surface area contributed by atoms with Crippen LogP contribution in [-0.2, 0) is 0 Å². The number of urea groups is 1. The Bertz CT molecular complexity index is 425. The molecular formula is C12H16Cl2N2O3. The van der Waals surface area contributed by atoms with Gasteiger partial charge in [0.25, 0.3) is 0 Å². The minimum absolute atomic E-state index is 0.0327. The summed E-state index contributed by atoms with van der Waals surface area (Å²) in [6, 6.07) is 4.14. The molecule has 0 aliphatic carbocycles. The summed E-state index contributed by atoms with van der Waals surface area (Å²) in [5.41, 5.74) is 0. The van der Waals surface area contributed by atoms with Gasteiger partial charge in [-0.25, -0.2) is 4.79 Å². The SMILES string of the molecule is CCC(CO)NC(=O)NCOc1ccc(Cl)cc1Cl. The molecule has 0 heterocycles. The number of ether oxygens (including phenoxy) is 1. The third kappa shape index (κ3) is 5.55. The second-order valence-corrected chi connectivity index (χ2v) is 4.65. The Kier molecular flexibility index (Phi) is 6.77. The van der Waals surface area contributed by atoms with Crippen molar-refractivity contribution in [1.29, 1.82) is 0 Å². The first-order valence-corrected chi connectivity index (χ1v) is 6.55. The van der Waals surface area contributed by atoms with E-state index in [-0.39, 0.29) is 19.4 Å². The number of nitrogens with one attached hydrogen (secondary N) is 2. The summed E-state index contributed by atoms with van der Waals surface area (Å²) in [6.07, 6.45) is 0.647. The molecule has 0 radical (unpaired) electrons. The number of carbonyl (C=O) groups is 1. The number of aliphatic hydroxyl groups excluding tert-OH is 1. The summed E-state index contributed by atoms with van der Waals surface area (Å²) >= 11 is 11.7. The zero-order valence-electron chi connectivity index (χ0n) is 10.5. The molecule has 0 fully saturated rings. The number of benzene rings is 1. The Morgan fingerprint density at radius 2 is 2.21 bits per heavy atom. The third-order valence-corrected chi connectivity index (χ3v) is 2.93. The fourth-order valence-electron chi connectivity index (χ4n) is 1.28. The van der Waals surface area contributed by atoms with Crippen molar-refractivity contribution in [3.8, 4) is 5.75 Å². The second-order valence-electron chi connectivity index (χ2n) is 3.80. The lowest BCUT2D eigenvalue weighted by molar-refractivity contribution is 0.204. The van der Waals surface area contributed by atoms with Gasteiger partial charge < -0.3 is 20.5 Å². The van der Waals surface area contributed by atoms with Crippen LogP contribution in [0.3, 0.4) is 0 Å². The van der Waals surface area contributed by atoms with Gasteiger partial charge in [-0.15, -0.1) is 0 Å².